The number of carboxylic acids is 1. The van der Waals surface area contributed by atoms with Crippen molar-refractivity contribution in [3.63, 3.8) is 0 Å². The summed E-state index contributed by atoms with van der Waals surface area (Å²) in [6.45, 7) is 0.924. The van der Waals surface area contributed by atoms with E-state index in [0.29, 0.717) is 11.6 Å². The number of amides is 2. The van der Waals surface area contributed by atoms with Gasteiger partial charge in [-0.2, -0.15) is 0 Å². The van der Waals surface area contributed by atoms with Gasteiger partial charge in [-0.15, -0.1) is 0 Å². The van der Waals surface area contributed by atoms with Crippen molar-refractivity contribution in [2.24, 2.45) is 5.92 Å². The van der Waals surface area contributed by atoms with E-state index in [0.717, 1.165) is 12.4 Å². The van der Waals surface area contributed by atoms with Crippen molar-refractivity contribution in [3.8, 4) is 5.75 Å². The van der Waals surface area contributed by atoms with Crippen LogP contribution in [0.2, 0.25) is 0 Å². The lowest BCUT2D eigenvalue weighted by molar-refractivity contribution is -0.137. The summed E-state index contributed by atoms with van der Waals surface area (Å²) in [5.41, 5.74) is 0.654. The molecule has 6 nitrogen and oxygen atoms in total. The third-order valence-corrected chi connectivity index (χ3v) is 3.30. The van der Waals surface area contributed by atoms with E-state index in [1.807, 2.05) is 12.1 Å². The van der Waals surface area contributed by atoms with Gasteiger partial charge < -0.3 is 20.1 Å². The van der Waals surface area contributed by atoms with Crippen molar-refractivity contribution in [3.05, 3.63) is 24.3 Å². The highest BCUT2D eigenvalue weighted by Crippen LogP contribution is 2.29. The van der Waals surface area contributed by atoms with E-state index < -0.39 is 5.97 Å². The first-order chi connectivity index (χ1) is 10.0. The number of anilines is 1. The van der Waals surface area contributed by atoms with Gasteiger partial charge in [0.05, 0.1) is 13.0 Å². The lowest BCUT2D eigenvalue weighted by Gasteiger charge is -2.17. The van der Waals surface area contributed by atoms with Crippen LogP contribution in [0.3, 0.4) is 0 Å². The van der Waals surface area contributed by atoms with Gasteiger partial charge in [0, 0.05) is 19.3 Å². The number of ether oxygens (including phenoxy) is 1. The van der Waals surface area contributed by atoms with Crippen molar-refractivity contribution < 1.29 is 19.4 Å². The van der Waals surface area contributed by atoms with Gasteiger partial charge in [0.1, 0.15) is 5.75 Å². The van der Waals surface area contributed by atoms with Crippen LogP contribution in [0, 0.1) is 5.92 Å². The molecule has 0 aliphatic heterocycles. The first-order valence-corrected chi connectivity index (χ1v) is 7.01. The molecular weight excluding hydrogens is 272 g/mol. The predicted molar refractivity (Wildman–Crippen MR) is 78.6 cm³/mol. The van der Waals surface area contributed by atoms with Crippen molar-refractivity contribution in [2.75, 3.05) is 25.5 Å². The molecule has 0 spiro atoms. The summed E-state index contributed by atoms with van der Waals surface area (Å²) >= 11 is 0. The van der Waals surface area contributed by atoms with Crippen molar-refractivity contribution in [1.29, 1.82) is 0 Å². The summed E-state index contributed by atoms with van der Waals surface area (Å²) < 4.78 is 5.61. The molecule has 0 radical (unpaired) electrons. The minimum absolute atomic E-state index is 0.0716. The smallest absolute Gasteiger partial charge is 0.321 e. The Balaban J connectivity index is 1.78. The van der Waals surface area contributed by atoms with E-state index >= 15 is 0 Å². The number of nitrogens with zero attached hydrogens (tertiary/aromatic N) is 1. The van der Waals surface area contributed by atoms with Crippen molar-refractivity contribution in [2.45, 2.75) is 19.3 Å². The Kier molecular flexibility index (Phi) is 5.03. The van der Waals surface area contributed by atoms with Gasteiger partial charge in [-0.05, 0) is 43.0 Å². The summed E-state index contributed by atoms with van der Waals surface area (Å²) in [4.78, 5) is 23.6. The van der Waals surface area contributed by atoms with Gasteiger partial charge >= 0.3 is 12.0 Å². The molecule has 0 heterocycles. The number of benzene rings is 1. The number of aliphatic carboxylic acids is 1. The van der Waals surface area contributed by atoms with Gasteiger partial charge in [-0.3, -0.25) is 4.79 Å². The number of hydrogen-bond acceptors (Lipinski definition) is 3. The summed E-state index contributed by atoms with van der Waals surface area (Å²) in [5, 5.41) is 11.3. The summed E-state index contributed by atoms with van der Waals surface area (Å²) in [6, 6.07) is 6.84. The lowest BCUT2D eigenvalue weighted by atomic mass is 10.3. The summed E-state index contributed by atoms with van der Waals surface area (Å²) in [7, 11) is 1.56. The zero-order valence-corrected chi connectivity index (χ0v) is 12.0. The van der Waals surface area contributed by atoms with Gasteiger partial charge in [0.2, 0.25) is 0 Å². The fourth-order valence-electron chi connectivity index (χ4n) is 1.72. The SMILES string of the molecule is CN(CCC(=O)O)C(=O)Nc1ccc(OCC2CC2)cc1. The molecule has 0 bridgehead atoms. The Bertz CT molecular complexity index is 497. The fourth-order valence-corrected chi connectivity index (χ4v) is 1.72. The largest absolute Gasteiger partial charge is 0.493 e. The molecule has 6 heteroatoms. The third kappa shape index (κ3) is 5.33. The molecule has 2 rings (SSSR count). The standard InChI is InChI=1S/C15H20N2O4/c1-17(9-8-14(18)19)15(20)16-12-4-6-13(7-5-12)21-10-11-2-3-11/h4-7,11H,2-3,8-10H2,1H3,(H,16,20)(H,18,19). The number of urea groups is 1. The number of rotatable bonds is 7. The van der Waals surface area contributed by atoms with E-state index in [1.54, 1.807) is 19.2 Å². The molecule has 1 fully saturated rings. The van der Waals surface area contributed by atoms with Gasteiger partial charge in [-0.1, -0.05) is 0 Å². The maximum atomic E-state index is 11.8. The average Bonchev–Trinajstić information content (AvgIpc) is 3.28. The third-order valence-electron chi connectivity index (χ3n) is 3.30. The van der Waals surface area contributed by atoms with Crippen LogP contribution >= 0.6 is 0 Å². The summed E-state index contributed by atoms with van der Waals surface area (Å²) in [5.74, 6) is 0.568. The Morgan fingerprint density at radius 2 is 2.00 bits per heavy atom. The molecule has 1 saturated carbocycles. The Labute approximate surface area is 123 Å². The van der Waals surface area contributed by atoms with Crippen molar-refractivity contribution >= 4 is 17.7 Å². The van der Waals surface area contributed by atoms with Crippen LogP contribution in [0.25, 0.3) is 0 Å². The number of nitrogens with one attached hydrogen (secondary N) is 1. The van der Waals surface area contributed by atoms with E-state index in [-0.39, 0.29) is 19.0 Å². The van der Waals surface area contributed by atoms with E-state index in [4.69, 9.17) is 9.84 Å². The molecule has 1 aromatic rings. The first-order valence-electron chi connectivity index (χ1n) is 7.01. The minimum atomic E-state index is -0.924. The normalized spacial score (nSPS) is 13.6. The zero-order chi connectivity index (χ0) is 15.2. The minimum Gasteiger partial charge on any atom is -0.493 e. The maximum absolute atomic E-state index is 11.8. The highest BCUT2D eigenvalue weighted by molar-refractivity contribution is 5.89. The monoisotopic (exact) mass is 292 g/mol. The molecule has 1 aliphatic carbocycles. The van der Waals surface area contributed by atoms with Crippen molar-refractivity contribution in [1.82, 2.24) is 4.90 Å². The van der Waals surface area contributed by atoms with Crippen LogP contribution < -0.4 is 10.1 Å². The highest BCUT2D eigenvalue weighted by Gasteiger charge is 2.21. The molecular formula is C15H20N2O4. The number of hydrogen-bond donors (Lipinski definition) is 2. The molecule has 2 N–H and O–H groups in total. The highest BCUT2D eigenvalue weighted by atomic mass is 16.5. The van der Waals surface area contributed by atoms with Crippen LogP contribution in [0.5, 0.6) is 5.75 Å². The second-order valence-electron chi connectivity index (χ2n) is 5.27. The van der Waals surface area contributed by atoms with Crippen LogP contribution in [0.1, 0.15) is 19.3 Å². The number of carboxylic acid groups (broad SMARTS) is 1. The lowest BCUT2D eigenvalue weighted by Crippen LogP contribution is -2.33. The van der Waals surface area contributed by atoms with Gasteiger partial charge in [-0.25, -0.2) is 4.79 Å². The fraction of sp³-hybridized carbons (Fsp3) is 0.467. The second kappa shape index (κ2) is 6.97. The zero-order valence-electron chi connectivity index (χ0n) is 12.0. The van der Waals surface area contributed by atoms with E-state index in [9.17, 15) is 9.59 Å². The molecule has 1 aromatic carbocycles. The van der Waals surface area contributed by atoms with Crippen LogP contribution in [-0.2, 0) is 4.79 Å². The molecule has 0 atom stereocenters. The molecule has 114 valence electrons. The first kappa shape index (κ1) is 15.2. The average molecular weight is 292 g/mol. The summed E-state index contributed by atoms with van der Waals surface area (Å²) in [6.07, 6.45) is 2.42. The topological polar surface area (TPSA) is 78.9 Å². The van der Waals surface area contributed by atoms with E-state index in [1.165, 1.54) is 17.7 Å². The Morgan fingerprint density at radius 1 is 1.33 bits per heavy atom. The predicted octanol–water partition coefficient (Wildman–Crippen LogP) is 2.41. The second-order valence-corrected chi connectivity index (χ2v) is 5.27. The maximum Gasteiger partial charge on any atom is 0.321 e. The molecule has 0 unspecified atom stereocenters. The molecule has 1 aliphatic rings. The van der Waals surface area contributed by atoms with Gasteiger partial charge in [0.25, 0.3) is 0 Å². The van der Waals surface area contributed by atoms with Crippen LogP contribution in [0.15, 0.2) is 24.3 Å². The van der Waals surface area contributed by atoms with E-state index in [2.05, 4.69) is 5.32 Å². The van der Waals surface area contributed by atoms with Crippen LogP contribution in [-0.4, -0.2) is 42.2 Å². The molecule has 0 aromatic heterocycles. The van der Waals surface area contributed by atoms with Gasteiger partial charge in [0.15, 0.2) is 0 Å². The number of carbonyl (C=O) groups excluding carboxylic acids is 1. The Hall–Kier alpha value is -2.24. The molecule has 21 heavy (non-hydrogen) atoms. The quantitative estimate of drug-likeness (QED) is 0.809. The Morgan fingerprint density at radius 3 is 2.57 bits per heavy atom. The number of carbonyl (C=O) groups is 2. The molecule has 0 saturated heterocycles. The van der Waals surface area contributed by atoms with Crippen LogP contribution in [0.4, 0.5) is 10.5 Å². The molecule has 2 amide bonds.